The van der Waals surface area contributed by atoms with Gasteiger partial charge in [0, 0.05) is 12.1 Å². The lowest BCUT2D eigenvalue weighted by molar-refractivity contribution is -0.137. The van der Waals surface area contributed by atoms with E-state index in [1.165, 1.54) is 0 Å². The van der Waals surface area contributed by atoms with Crippen molar-refractivity contribution in [1.82, 2.24) is 5.32 Å². The van der Waals surface area contributed by atoms with E-state index in [4.69, 9.17) is 0 Å². The van der Waals surface area contributed by atoms with Crippen LogP contribution in [0.15, 0.2) is 42.5 Å². The molecule has 2 rings (SSSR count). The zero-order chi connectivity index (χ0) is 17.9. The Morgan fingerprint density at radius 3 is 2.08 bits per heavy atom. The Kier molecular flexibility index (Phi) is 5.18. The van der Waals surface area contributed by atoms with Crippen LogP contribution in [0.3, 0.4) is 0 Å². The maximum Gasteiger partial charge on any atom is 0.416 e. The van der Waals surface area contributed by atoms with Crippen molar-refractivity contribution in [3.63, 3.8) is 0 Å². The highest BCUT2D eigenvalue weighted by atomic mass is 19.4. The Labute approximate surface area is 133 Å². The topological polar surface area (TPSA) is 49.3 Å². The van der Waals surface area contributed by atoms with Gasteiger partial charge in [-0.05, 0) is 36.4 Å². The summed E-state index contributed by atoms with van der Waals surface area (Å²) in [5, 5.41) is 12.0. The molecule has 1 unspecified atom stereocenters. The van der Waals surface area contributed by atoms with E-state index >= 15 is 0 Å². The number of halogens is 5. The smallest absolute Gasteiger partial charge is 0.386 e. The number of benzene rings is 2. The second-order valence-electron chi connectivity index (χ2n) is 4.94. The van der Waals surface area contributed by atoms with Gasteiger partial charge < -0.3 is 10.4 Å². The molecule has 0 heterocycles. The second kappa shape index (κ2) is 6.96. The summed E-state index contributed by atoms with van der Waals surface area (Å²) < 4.78 is 64.3. The molecule has 8 heteroatoms. The van der Waals surface area contributed by atoms with Crippen molar-refractivity contribution in [3.8, 4) is 0 Å². The molecule has 0 aromatic heterocycles. The minimum atomic E-state index is -4.52. The molecule has 2 aromatic carbocycles. The summed E-state index contributed by atoms with van der Waals surface area (Å²) >= 11 is 0. The summed E-state index contributed by atoms with van der Waals surface area (Å²) in [5.74, 6) is -2.71. The van der Waals surface area contributed by atoms with Gasteiger partial charge in [-0.15, -0.1) is 0 Å². The first kappa shape index (κ1) is 17.9. The minimum Gasteiger partial charge on any atom is -0.386 e. The molecule has 24 heavy (non-hydrogen) atoms. The van der Waals surface area contributed by atoms with E-state index in [2.05, 4.69) is 5.32 Å². The fraction of sp³-hybridized carbons (Fsp3) is 0.188. The lowest BCUT2D eigenvalue weighted by atomic mass is 10.1. The number of rotatable bonds is 4. The molecule has 3 nitrogen and oxygen atoms in total. The average Bonchev–Trinajstić information content (AvgIpc) is 2.51. The summed E-state index contributed by atoms with van der Waals surface area (Å²) in [4.78, 5) is 11.8. The van der Waals surface area contributed by atoms with Gasteiger partial charge in [0.05, 0.1) is 11.1 Å². The second-order valence-corrected chi connectivity index (χ2v) is 4.94. The molecule has 128 valence electrons. The van der Waals surface area contributed by atoms with E-state index in [1.54, 1.807) is 0 Å². The first-order chi connectivity index (χ1) is 11.2. The summed E-state index contributed by atoms with van der Waals surface area (Å²) in [6.07, 6.45) is -6.15. The number of hydrogen-bond acceptors (Lipinski definition) is 2. The normalized spacial score (nSPS) is 12.8. The van der Waals surface area contributed by atoms with E-state index in [0.717, 1.165) is 42.5 Å². The SMILES string of the molecule is O=C(NCC(O)c1c(F)cccc1F)c1ccc(C(F)(F)F)cc1. The Hall–Kier alpha value is -2.48. The highest BCUT2D eigenvalue weighted by molar-refractivity contribution is 5.94. The van der Waals surface area contributed by atoms with Crippen molar-refractivity contribution in [1.29, 1.82) is 0 Å². The standard InChI is InChI=1S/C16H12F5NO2/c17-11-2-1-3-12(18)14(11)13(23)8-22-15(24)9-4-6-10(7-5-9)16(19,20)21/h1-7,13,23H,8H2,(H,22,24). The molecule has 0 saturated heterocycles. The highest BCUT2D eigenvalue weighted by Crippen LogP contribution is 2.29. The monoisotopic (exact) mass is 345 g/mol. The zero-order valence-corrected chi connectivity index (χ0v) is 12.1. The number of aliphatic hydroxyl groups is 1. The third-order valence-corrected chi connectivity index (χ3v) is 3.26. The number of carbonyl (C=O) groups excluding carboxylic acids is 1. The van der Waals surface area contributed by atoms with Gasteiger partial charge >= 0.3 is 6.18 Å². The molecule has 1 amide bonds. The molecule has 2 N–H and O–H groups in total. The molecular weight excluding hydrogens is 333 g/mol. The van der Waals surface area contributed by atoms with Crippen LogP contribution in [0.2, 0.25) is 0 Å². The van der Waals surface area contributed by atoms with Gasteiger partial charge in [0.1, 0.15) is 17.7 Å². The van der Waals surface area contributed by atoms with Gasteiger partial charge in [-0.25, -0.2) is 8.78 Å². The molecule has 2 aromatic rings. The summed E-state index contributed by atoms with van der Waals surface area (Å²) in [6.45, 7) is -0.502. The van der Waals surface area contributed by atoms with Gasteiger partial charge in [-0.1, -0.05) is 6.07 Å². The zero-order valence-electron chi connectivity index (χ0n) is 12.1. The van der Waals surface area contributed by atoms with Crippen molar-refractivity contribution >= 4 is 5.91 Å². The Morgan fingerprint density at radius 2 is 1.58 bits per heavy atom. The van der Waals surface area contributed by atoms with Gasteiger partial charge in [0.25, 0.3) is 5.91 Å². The van der Waals surface area contributed by atoms with Crippen LogP contribution in [0, 0.1) is 11.6 Å². The van der Waals surface area contributed by atoms with Crippen LogP contribution in [0.25, 0.3) is 0 Å². The molecule has 0 spiro atoms. The van der Waals surface area contributed by atoms with Crippen molar-refractivity contribution in [2.45, 2.75) is 12.3 Å². The molecule has 0 bridgehead atoms. The number of nitrogens with one attached hydrogen (secondary N) is 1. The van der Waals surface area contributed by atoms with Gasteiger partial charge in [-0.3, -0.25) is 4.79 Å². The van der Waals surface area contributed by atoms with Gasteiger partial charge in [-0.2, -0.15) is 13.2 Å². The third kappa shape index (κ3) is 4.08. The molecule has 0 aliphatic heterocycles. The van der Waals surface area contributed by atoms with Crippen molar-refractivity contribution in [3.05, 3.63) is 70.8 Å². The number of hydrogen-bond donors (Lipinski definition) is 2. The molecule has 0 radical (unpaired) electrons. The van der Waals surface area contributed by atoms with Gasteiger partial charge in [0.15, 0.2) is 0 Å². The van der Waals surface area contributed by atoms with Crippen LogP contribution >= 0.6 is 0 Å². The van der Waals surface area contributed by atoms with Crippen LogP contribution in [-0.2, 0) is 6.18 Å². The van der Waals surface area contributed by atoms with Crippen molar-refractivity contribution < 1.29 is 31.9 Å². The predicted molar refractivity (Wildman–Crippen MR) is 75.1 cm³/mol. The third-order valence-electron chi connectivity index (χ3n) is 3.26. The summed E-state index contributed by atoms with van der Waals surface area (Å²) in [6, 6.07) is 6.45. The largest absolute Gasteiger partial charge is 0.416 e. The van der Waals surface area contributed by atoms with E-state index in [9.17, 15) is 31.9 Å². The van der Waals surface area contributed by atoms with Crippen molar-refractivity contribution in [2.24, 2.45) is 0 Å². The lowest BCUT2D eigenvalue weighted by Gasteiger charge is -2.14. The molecule has 0 saturated carbocycles. The number of carbonyl (C=O) groups is 1. The molecule has 1 atom stereocenters. The number of alkyl halides is 3. The van der Waals surface area contributed by atoms with E-state index in [1.807, 2.05) is 0 Å². The maximum atomic E-state index is 13.5. The first-order valence-corrected chi connectivity index (χ1v) is 6.77. The van der Waals surface area contributed by atoms with Gasteiger partial charge in [0.2, 0.25) is 0 Å². The van der Waals surface area contributed by atoms with E-state index < -0.39 is 47.5 Å². The van der Waals surface area contributed by atoms with E-state index in [-0.39, 0.29) is 5.56 Å². The Balaban J connectivity index is 2.03. The molecule has 0 aliphatic rings. The molecule has 0 aliphatic carbocycles. The Bertz CT molecular complexity index is 708. The minimum absolute atomic E-state index is 0.0794. The van der Waals surface area contributed by atoms with Crippen LogP contribution in [0.5, 0.6) is 0 Å². The number of amides is 1. The molecule has 0 fully saturated rings. The van der Waals surface area contributed by atoms with Crippen molar-refractivity contribution in [2.75, 3.05) is 6.54 Å². The lowest BCUT2D eigenvalue weighted by Crippen LogP contribution is -2.29. The highest BCUT2D eigenvalue weighted by Gasteiger charge is 2.30. The van der Waals surface area contributed by atoms with Crippen LogP contribution < -0.4 is 5.32 Å². The first-order valence-electron chi connectivity index (χ1n) is 6.77. The fourth-order valence-electron chi connectivity index (χ4n) is 2.03. The predicted octanol–water partition coefficient (Wildman–Crippen LogP) is 3.45. The van der Waals surface area contributed by atoms with Crippen LogP contribution in [0.4, 0.5) is 22.0 Å². The van der Waals surface area contributed by atoms with E-state index in [0.29, 0.717) is 0 Å². The quantitative estimate of drug-likeness (QED) is 0.834. The maximum absolute atomic E-state index is 13.5. The fourth-order valence-corrected chi connectivity index (χ4v) is 2.03. The summed E-state index contributed by atoms with van der Waals surface area (Å²) in [7, 11) is 0. The van der Waals surface area contributed by atoms with Crippen LogP contribution in [0.1, 0.15) is 27.6 Å². The Morgan fingerprint density at radius 1 is 1.04 bits per heavy atom. The molecular formula is C16H12F5NO2. The number of aliphatic hydroxyl groups excluding tert-OH is 1. The van der Waals surface area contributed by atoms with Crippen LogP contribution in [-0.4, -0.2) is 17.6 Å². The summed E-state index contributed by atoms with van der Waals surface area (Å²) in [5.41, 5.74) is -1.58. The average molecular weight is 345 g/mol.